The molecule has 1 unspecified atom stereocenters. The Morgan fingerprint density at radius 2 is 2.00 bits per heavy atom. The van der Waals surface area contributed by atoms with Crippen LogP contribution in [0.25, 0.3) is 0 Å². The number of hydrogen-bond acceptors (Lipinski definition) is 5. The third-order valence-electron chi connectivity index (χ3n) is 5.18. The Morgan fingerprint density at radius 3 is 2.63 bits per heavy atom. The van der Waals surface area contributed by atoms with Crippen LogP contribution in [0.3, 0.4) is 0 Å². The molecule has 158 valence electrons. The molecule has 1 aromatic heterocycles. The second-order valence-corrected chi connectivity index (χ2v) is 8.96. The van der Waals surface area contributed by atoms with Gasteiger partial charge in [-0.2, -0.15) is 10.4 Å². The van der Waals surface area contributed by atoms with Gasteiger partial charge in [-0.25, -0.2) is 0 Å². The van der Waals surface area contributed by atoms with Gasteiger partial charge in [0.15, 0.2) is 0 Å². The summed E-state index contributed by atoms with van der Waals surface area (Å²) in [6.45, 7) is 9.02. The lowest BCUT2D eigenvalue weighted by Crippen LogP contribution is -2.45. The summed E-state index contributed by atoms with van der Waals surface area (Å²) in [6, 6.07) is 8.24. The Kier molecular flexibility index (Phi) is 6.83. The fourth-order valence-electron chi connectivity index (χ4n) is 3.53. The number of hydrogen-bond donors (Lipinski definition) is 1. The number of thioether (sulfide) groups is 1. The first kappa shape index (κ1) is 21.9. The molecule has 1 aromatic carbocycles. The highest BCUT2D eigenvalue weighted by Gasteiger charge is 2.35. The van der Waals surface area contributed by atoms with E-state index < -0.39 is 6.04 Å². The molecule has 30 heavy (non-hydrogen) atoms. The van der Waals surface area contributed by atoms with Gasteiger partial charge in [-0.05, 0) is 44.0 Å². The average Bonchev–Trinajstić information content (AvgIpc) is 3.29. The molecule has 0 spiro atoms. The number of nitriles is 1. The number of nitrogens with zero attached hydrogens (tertiary/aromatic N) is 4. The first-order chi connectivity index (χ1) is 14.3. The molecule has 7 nitrogen and oxygen atoms in total. The predicted molar refractivity (Wildman–Crippen MR) is 118 cm³/mol. The molecule has 2 amide bonds. The number of aryl methyl sites for hydroxylation is 1. The van der Waals surface area contributed by atoms with Gasteiger partial charge in [0.05, 0.1) is 29.6 Å². The summed E-state index contributed by atoms with van der Waals surface area (Å²) in [7, 11) is 0. The molecule has 1 atom stereocenters. The van der Waals surface area contributed by atoms with Gasteiger partial charge in [0.1, 0.15) is 6.04 Å². The molecule has 0 radical (unpaired) electrons. The topological polar surface area (TPSA) is 91.0 Å². The number of rotatable bonds is 6. The van der Waals surface area contributed by atoms with Crippen molar-refractivity contribution in [3.8, 4) is 6.07 Å². The van der Waals surface area contributed by atoms with Crippen LogP contribution >= 0.6 is 11.8 Å². The van der Waals surface area contributed by atoms with Crippen molar-refractivity contribution in [1.82, 2.24) is 14.7 Å². The maximum atomic E-state index is 13.1. The van der Waals surface area contributed by atoms with E-state index >= 15 is 0 Å². The highest BCUT2D eigenvalue weighted by molar-refractivity contribution is 7.99. The Labute approximate surface area is 181 Å². The standard InChI is InChI=1S/C22H27N5O2S/c1-14(2)11-27-16(4)19(15(3)25-27)9-21(28)26-13-30-12-20(26)22(29)24-18-7-5-17(10-23)6-8-18/h5-8,14,20H,9,11-13H2,1-4H3,(H,24,29). The average molecular weight is 426 g/mol. The normalized spacial score (nSPS) is 16.0. The largest absolute Gasteiger partial charge is 0.324 e. The van der Waals surface area contributed by atoms with Crippen molar-refractivity contribution < 1.29 is 9.59 Å². The highest BCUT2D eigenvalue weighted by atomic mass is 32.2. The van der Waals surface area contributed by atoms with E-state index in [1.54, 1.807) is 40.9 Å². The number of aromatic nitrogens is 2. The van der Waals surface area contributed by atoms with Gasteiger partial charge in [0.2, 0.25) is 11.8 Å². The Balaban J connectivity index is 1.69. The summed E-state index contributed by atoms with van der Waals surface area (Å²) >= 11 is 1.58. The van der Waals surface area contributed by atoms with Gasteiger partial charge < -0.3 is 10.2 Å². The van der Waals surface area contributed by atoms with Crippen molar-refractivity contribution in [1.29, 1.82) is 5.26 Å². The molecule has 0 saturated carbocycles. The van der Waals surface area contributed by atoms with Gasteiger partial charge in [-0.3, -0.25) is 14.3 Å². The molecule has 0 aliphatic carbocycles. The summed E-state index contributed by atoms with van der Waals surface area (Å²) in [5.41, 5.74) is 3.98. The van der Waals surface area contributed by atoms with Crippen LogP contribution in [-0.2, 0) is 22.6 Å². The molecule has 0 bridgehead atoms. The first-order valence-corrected chi connectivity index (χ1v) is 11.2. The van der Waals surface area contributed by atoms with E-state index in [-0.39, 0.29) is 18.2 Å². The van der Waals surface area contributed by atoms with Gasteiger partial charge in [-0.15, -0.1) is 11.8 Å². The SMILES string of the molecule is Cc1nn(CC(C)C)c(C)c1CC(=O)N1CSCC1C(=O)Nc1ccc(C#N)cc1. The predicted octanol–water partition coefficient (Wildman–Crippen LogP) is 3.11. The smallest absolute Gasteiger partial charge is 0.248 e. The number of amides is 2. The van der Waals surface area contributed by atoms with Crippen LogP contribution in [0, 0.1) is 31.1 Å². The Bertz CT molecular complexity index is 975. The molecule has 2 aromatic rings. The van der Waals surface area contributed by atoms with Crippen molar-refractivity contribution in [2.24, 2.45) is 5.92 Å². The molecular weight excluding hydrogens is 398 g/mol. The van der Waals surface area contributed by atoms with E-state index in [4.69, 9.17) is 5.26 Å². The van der Waals surface area contributed by atoms with Crippen molar-refractivity contribution in [2.75, 3.05) is 16.9 Å². The molecule has 1 N–H and O–H groups in total. The van der Waals surface area contributed by atoms with E-state index in [1.807, 2.05) is 18.5 Å². The van der Waals surface area contributed by atoms with Gasteiger partial charge in [-0.1, -0.05) is 13.8 Å². The number of benzene rings is 1. The number of nitrogens with one attached hydrogen (secondary N) is 1. The minimum absolute atomic E-state index is 0.0599. The van der Waals surface area contributed by atoms with Gasteiger partial charge >= 0.3 is 0 Å². The lowest BCUT2D eigenvalue weighted by Gasteiger charge is -2.23. The van der Waals surface area contributed by atoms with Crippen LogP contribution in [-0.4, -0.2) is 44.2 Å². The lowest BCUT2D eigenvalue weighted by molar-refractivity contribution is -0.135. The number of anilines is 1. The molecule has 1 saturated heterocycles. The van der Waals surface area contributed by atoms with Crippen molar-refractivity contribution >= 4 is 29.3 Å². The van der Waals surface area contributed by atoms with Crippen molar-refractivity contribution in [3.63, 3.8) is 0 Å². The summed E-state index contributed by atoms with van der Waals surface area (Å²) in [4.78, 5) is 27.5. The summed E-state index contributed by atoms with van der Waals surface area (Å²) in [6.07, 6.45) is 0.247. The molecule has 8 heteroatoms. The van der Waals surface area contributed by atoms with Crippen LogP contribution in [0.15, 0.2) is 24.3 Å². The second-order valence-electron chi connectivity index (χ2n) is 7.96. The van der Waals surface area contributed by atoms with Crippen LogP contribution < -0.4 is 5.32 Å². The quantitative estimate of drug-likeness (QED) is 0.768. The van der Waals surface area contributed by atoms with E-state index in [9.17, 15) is 9.59 Å². The molecule has 1 aliphatic heterocycles. The monoisotopic (exact) mass is 425 g/mol. The summed E-state index contributed by atoms with van der Waals surface area (Å²) in [5.74, 6) is 1.27. The zero-order valence-electron chi connectivity index (χ0n) is 17.8. The van der Waals surface area contributed by atoms with Crippen LogP contribution in [0.5, 0.6) is 0 Å². The third kappa shape index (κ3) is 4.85. The molecule has 1 aliphatic rings. The van der Waals surface area contributed by atoms with Crippen LogP contribution in [0.1, 0.15) is 36.4 Å². The Hall–Kier alpha value is -2.79. The zero-order valence-corrected chi connectivity index (χ0v) is 18.6. The summed E-state index contributed by atoms with van der Waals surface area (Å²) < 4.78 is 1.97. The van der Waals surface area contributed by atoms with E-state index in [0.717, 1.165) is 23.5 Å². The van der Waals surface area contributed by atoms with Crippen molar-refractivity contribution in [2.45, 2.75) is 46.7 Å². The molecule has 3 rings (SSSR count). The fraction of sp³-hybridized carbons (Fsp3) is 0.455. The zero-order chi connectivity index (χ0) is 21.8. The maximum Gasteiger partial charge on any atom is 0.248 e. The summed E-state index contributed by atoms with van der Waals surface area (Å²) in [5, 5.41) is 16.3. The second kappa shape index (κ2) is 9.35. The highest BCUT2D eigenvalue weighted by Crippen LogP contribution is 2.25. The first-order valence-electron chi connectivity index (χ1n) is 10.0. The van der Waals surface area contributed by atoms with E-state index in [1.165, 1.54) is 0 Å². The maximum absolute atomic E-state index is 13.1. The van der Waals surface area contributed by atoms with Gasteiger partial charge in [0.25, 0.3) is 0 Å². The van der Waals surface area contributed by atoms with Crippen LogP contribution in [0.2, 0.25) is 0 Å². The number of carbonyl (C=O) groups excluding carboxylic acids is 2. The minimum atomic E-state index is -0.510. The lowest BCUT2D eigenvalue weighted by atomic mass is 10.1. The molecular formula is C22H27N5O2S. The minimum Gasteiger partial charge on any atom is -0.324 e. The fourth-order valence-corrected chi connectivity index (χ4v) is 4.71. The van der Waals surface area contributed by atoms with E-state index in [0.29, 0.717) is 28.8 Å². The van der Waals surface area contributed by atoms with Crippen molar-refractivity contribution in [3.05, 3.63) is 46.8 Å². The van der Waals surface area contributed by atoms with Crippen LogP contribution in [0.4, 0.5) is 5.69 Å². The third-order valence-corrected chi connectivity index (χ3v) is 6.20. The number of carbonyl (C=O) groups is 2. The molecule has 2 heterocycles. The molecule has 1 fully saturated rings. The van der Waals surface area contributed by atoms with E-state index in [2.05, 4.69) is 30.3 Å². The Morgan fingerprint density at radius 1 is 1.30 bits per heavy atom. The van der Waals surface area contributed by atoms with Gasteiger partial charge in [0, 0.05) is 29.2 Å².